The van der Waals surface area contributed by atoms with E-state index in [4.69, 9.17) is 28.4 Å². The fraction of sp³-hybridized carbons (Fsp3) is 0.353. The minimum absolute atomic E-state index is 0.0509. The Labute approximate surface area is 242 Å². The van der Waals surface area contributed by atoms with Gasteiger partial charge >= 0.3 is 0 Å². The Balaban J connectivity index is 1.19. The first kappa shape index (κ1) is 28.7. The highest BCUT2D eigenvalue weighted by Gasteiger charge is 2.30. The number of hydrogen-bond donors (Lipinski definition) is 1. The number of ether oxygens (including phenoxy) is 6. The molecule has 4 aromatic carbocycles. The Kier molecular flexibility index (Phi) is 9.96. The average Bonchev–Trinajstić information content (AvgIpc) is 3.03. The summed E-state index contributed by atoms with van der Waals surface area (Å²) >= 11 is 0. The van der Waals surface area contributed by atoms with Crippen LogP contribution in [0, 0.1) is 0 Å². The van der Waals surface area contributed by atoms with Crippen molar-refractivity contribution in [2.24, 2.45) is 0 Å². The van der Waals surface area contributed by atoms with Crippen LogP contribution < -0.4 is 24.3 Å². The first-order valence-corrected chi connectivity index (χ1v) is 14.1. The van der Waals surface area contributed by atoms with Crippen molar-refractivity contribution in [1.29, 1.82) is 0 Å². The van der Waals surface area contributed by atoms with Gasteiger partial charge in [-0.2, -0.15) is 0 Å². The molecule has 0 spiro atoms. The van der Waals surface area contributed by atoms with Crippen molar-refractivity contribution in [1.82, 2.24) is 5.32 Å². The zero-order valence-electron chi connectivity index (χ0n) is 24.0. The lowest BCUT2D eigenvalue weighted by molar-refractivity contribution is -0.168. The maximum absolute atomic E-state index is 6.62. The van der Waals surface area contributed by atoms with Crippen molar-refractivity contribution in [3.63, 3.8) is 0 Å². The molecule has 0 bridgehead atoms. The van der Waals surface area contributed by atoms with Gasteiger partial charge in [0.1, 0.15) is 11.5 Å². The molecule has 1 saturated heterocycles. The minimum Gasteiger partial charge on any atom is -0.496 e. The number of piperidine rings is 1. The van der Waals surface area contributed by atoms with E-state index >= 15 is 0 Å². The van der Waals surface area contributed by atoms with Crippen molar-refractivity contribution < 1.29 is 28.4 Å². The lowest BCUT2D eigenvalue weighted by atomic mass is 9.87. The van der Waals surface area contributed by atoms with Crippen molar-refractivity contribution in [3.05, 3.63) is 96.1 Å². The van der Waals surface area contributed by atoms with E-state index in [9.17, 15) is 0 Å². The van der Waals surface area contributed by atoms with Crippen molar-refractivity contribution in [2.75, 3.05) is 47.6 Å². The number of nitrogens with one attached hydrogen (secondary N) is 1. The van der Waals surface area contributed by atoms with E-state index < -0.39 is 6.29 Å². The maximum Gasteiger partial charge on any atom is 0.184 e. The van der Waals surface area contributed by atoms with Gasteiger partial charge in [-0.1, -0.05) is 48.5 Å². The van der Waals surface area contributed by atoms with Gasteiger partial charge in [0.2, 0.25) is 0 Å². The van der Waals surface area contributed by atoms with Crippen LogP contribution in [0.1, 0.15) is 36.2 Å². The number of methoxy groups -OCH3 is 3. The van der Waals surface area contributed by atoms with Gasteiger partial charge in [-0.15, -0.1) is 0 Å². The van der Waals surface area contributed by atoms with Crippen LogP contribution in [0.4, 0.5) is 0 Å². The van der Waals surface area contributed by atoms with Gasteiger partial charge in [0.05, 0.1) is 33.5 Å². The van der Waals surface area contributed by atoms with E-state index in [1.165, 1.54) is 5.56 Å². The quantitative estimate of drug-likeness (QED) is 0.148. The highest BCUT2D eigenvalue weighted by atomic mass is 16.7. The molecule has 1 fully saturated rings. The standard InChI is InChI=1S/C34H39NO6/c1-36-30-11-6-7-12-31(30)40-20-8-19-39-27-15-13-24(14-16-27)29-17-18-35-23-33(29)41-34(38-3)26-21-25-9-4-5-10-28(25)32(22-26)37-2/h4-7,9-16,21-22,29,33-35H,8,17-20,23H2,1-3H3/t29-,33+,34?/m1/s1. The van der Waals surface area contributed by atoms with E-state index in [1.807, 2.05) is 54.6 Å². The van der Waals surface area contributed by atoms with E-state index in [2.05, 4.69) is 35.6 Å². The molecule has 4 aromatic rings. The molecule has 216 valence electrons. The van der Waals surface area contributed by atoms with Crippen molar-refractivity contribution in [2.45, 2.75) is 31.2 Å². The molecular weight excluding hydrogens is 518 g/mol. The molecule has 5 rings (SSSR count). The molecule has 1 N–H and O–H groups in total. The van der Waals surface area contributed by atoms with E-state index in [1.54, 1.807) is 21.3 Å². The highest BCUT2D eigenvalue weighted by Crippen LogP contribution is 2.36. The summed E-state index contributed by atoms with van der Waals surface area (Å²) in [4.78, 5) is 0. The highest BCUT2D eigenvalue weighted by molar-refractivity contribution is 5.89. The molecule has 1 heterocycles. The van der Waals surface area contributed by atoms with Crippen LogP contribution in [-0.4, -0.2) is 53.7 Å². The molecule has 3 atom stereocenters. The molecule has 1 aliphatic heterocycles. The van der Waals surface area contributed by atoms with Crippen LogP contribution in [0.3, 0.4) is 0 Å². The molecule has 0 aromatic heterocycles. The third-order valence-electron chi connectivity index (χ3n) is 7.47. The molecule has 41 heavy (non-hydrogen) atoms. The normalized spacial score (nSPS) is 17.6. The molecule has 1 aliphatic rings. The second-order valence-electron chi connectivity index (χ2n) is 10.1. The van der Waals surface area contributed by atoms with Gasteiger partial charge in [-0.3, -0.25) is 0 Å². The molecule has 0 saturated carbocycles. The summed E-state index contributed by atoms with van der Waals surface area (Å²) in [5.41, 5.74) is 2.17. The Bertz CT molecular complexity index is 1390. The Morgan fingerprint density at radius 2 is 1.51 bits per heavy atom. The van der Waals surface area contributed by atoms with Gasteiger partial charge in [0, 0.05) is 36.9 Å². The third-order valence-corrected chi connectivity index (χ3v) is 7.47. The van der Waals surface area contributed by atoms with E-state index in [0.29, 0.717) is 13.2 Å². The number of hydrogen-bond acceptors (Lipinski definition) is 7. The summed E-state index contributed by atoms with van der Waals surface area (Å²) < 4.78 is 35.3. The van der Waals surface area contributed by atoms with Crippen LogP contribution in [0.15, 0.2) is 84.9 Å². The van der Waals surface area contributed by atoms with Gasteiger partial charge in [-0.05, 0) is 60.3 Å². The monoisotopic (exact) mass is 557 g/mol. The van der Waals surface area contributed by atoms with Gasteiger partial charge in [-0.25, -0.2) is 0 Å². The maximum atomic E-state index is 6.62. The Morgan fingerprint density at radius 1 is 0.780 bits per heavy atom. The molecule has 0 radical (unpaired) electrons. The topological polar surface area (TPSA) is 67.4 Å². The van der Waals surface area contributed by atoms with Crippen molar-refractivity contribution in [3.8, 4) is 23.0 Å². The fourth-order valence-corrected chi connectivity index (χ4v) is 5.37. The predicted octanol–water partition coefficient (Wildman–Crippen LogP) is 6.51. The summed E-state index contributed by atoms with van der Waals surface area (Å²) in [6.07, 6.45) is 1.18. The summed E-state index contributed by atoms with van der Waals surface area (Å²) in [6, 6.07) is 28.3. The van der Waals surface area contributed by atoms with Crippen LogP contribution >= 0.6 is 0 Å². The van der Waals surface area contributed by atoms with Gasteiger partial charge < -0.3 is 33.7 Å². The zero-order chi connectivity index (χ0) is 28.4. The molecule has 7 heteroatoms. The minimum atomic E-state index is -0.512. The summed E-state index contributed by atoms with van der Waals surface area (Å²) in [7, 11) is 5.02. The number of rotatable bonds is 13. The van der Waals surface area contributed by atoms with Crippen LogP contribution in [0.2, 0.25) is 0 Å². The second kappa shape index (κ2) is 14.2. The van der Waals surface area contributed by atoms with Gasteiger partial charge in [0.25, 0.3) is 0 Å². The zero-order valence-corrected chi connectivity index (χ0v) is 24.0. The lowest BCUT2D eigenvalue weighted by Crippen LogP contribution is -2.41. The van der Waals surface area contributed by atoms with Gasteiger partial charge in [0.15, 0.2) is 17.8 Å². The molecule has 7 nitrogen and oxygen atoms in total. The third kappa shape index (κ3) is 7.11. The summed E-state index contributed by atoms with van der Waals surface area (Å²) in [5.74, 6) is 3.37. The summed E-state index contributed by atoms with van der Waals surface area (Å²) in [6.45, 7) is 2.81. The predicted molar refractivity (Wildman–Crippen MR) is 160 cm³/mol. The van der Waals surface area contributed by atoms with Crippen LogP contribution in [0.5, 0.6) is 23.0 Å². The summed E-state index contributed by atoms with van der Waals surface area (Å²) in [5, 5.41) is 5.65. The first-order valence-electron chi connectivity index (χ1n) is 14.1. The number of para-hydroxylation sites is 2. The van der Waals surface area contributed by atoms with Crippen LogP contribution in [-0.2, 0) is 9.47 Å². The molecule has 0 amide bonds. The van der Waals surface area contributed by atoms with E-state index in [0.717, 1.165) is 65.3 Å². The van der Waals surface area contributed by atoms with Crippen molar-refractivity contribution >= 4 is 10.8 Å². The smallest absolute Gasteiger partial charge is 0.184 e. The molecule has 0 aliphatic carbocycles. The fourth-order valence-electron chi connectivity index (χ4n) is 5.37. The largest absolute Gasteiger partial charge is 0.496 e. The lowest BCUT2D eigenvalue weighted by Gasteiger charge is -2.35. The molecule has 1 unspecified atom stereocenters. The Morgan fingerprint density at radius 3 is 2.29 bits per heavy atom. The van der Waals surface area contributed by atoms with E-state index in [-0.39, 0.29) is 12.0 Å². The van der Waals surface area contributed by atoms with Crippen LogP contribution in [0.25, 0.3) is 10.8 Å². The SMILES string of the molecule is COc1ccccc1OCCCOc1ccc([C@H]2CCNC[C@@H]2OC(OC)c2cc(OC)c3ccccc3c2)cc1. The average molecular weight is 558 g/mol. The Hall–Kier alpha value is -3.78. The number of benzene rings is 4. The number of fused-ring (bicyclic) bond motifs is 1. The molecular formula is C34H39NO6. The first-order chi connectivity index (χ1) is 20.2. The second-order valence-corrected chi connectivity index (χ2v) is 10.1.